The molecule has 0 unspecified atom stereocenters. The molecule has 0 fully saturated rings. The molecule has 0 saturated heterocycles. The second kappa shape index (κ2) is 11.2. The van der Waals surface area contributed by atoms with E-state index in [4.69, 9.17) is 25.5 Å². The Morgan fingerprint density at radius 3 is 2.67 bits per heavy atom. The van der Waals surface area contributed by atoms with Crippen LogP contribution in [-0.2, 0) is 6.61 Å². The van der Waals surface area contributed by atoms with E-state index in [0.29, 0.717) is 22.3 Å². The lowest BCUT2D eigenvalue weighted by atomic mass is 10.1. The number of amides is 1. The standard InChI is InChI=1S/C26H20ClN3O6/c1-34-18-10-12-20(23(14-18)30(32)33)25-13-11-19(36-25)15-28-29-26(31)21-7-3-5-9-24(21)35-16-17-6-2-4-8-22(17)27/h2-15H,16H2,1H3,(H,29,31)/b28-15+. The molecule has 0 bridgehead atoms. The van der Waals surface area contributed by atoms with E-state index in [9.17, 15) is 14.9 Å². The Morgan fingerprint density at radius 1 is 1.11 bits per heavy atom. The number of methoxy groups -OCH3 is 1. The first kappa shape index (κ1) is 24.5. The normalized spacial score (nSPS) is 10.8. The lowest BCUT2D eigenvalue weighted by Gasteiger charge is -2.11. The summed E-state index contributed by atoms with van der Waals surface area (Å²) in [6.07, 6.45) is 1.30. The van der Waals surface area contributed by atoms with Crippen LogP contribution < -0.4 is 14.9 Å². The van der Waals surface area contributed by atoms with Crippen LogP contribution in [0.5, 0.6) is 11.5 Å². The number of benzene rings is 3. The number of rotatable bonds is 9. The van der Waals surface area contributed by atoms with Crippen molar-refractivity contribution >= 4 is 29.4 Å². The van der Waals surface area contributed by atoms with E-state index in [-0.39, 0.29) is 29.2 Å². The van der Waals surface area contributed by atoms with E-state index in [2.05, 4.69) is 10.5 Å². The first-order valence-corrected chi connectivity index (χ1v) is 11.1. The number of carbonyl (C=O) groups excluding carboxylic acids is 1. The predicted molar refractivity (Wildman–Crippen MR) is 135 cm³/mol. The SMILES string of the molecule is COc1ccc(-c2ccc(/C=N/NC(=O)c3ccccc3OCc3ccccc3Cl)o2)c([N+](=O)[O-])c1. The van der Waals surface area contributed by atoms with Crippen molar-refractivity contribution in [3.05, 3.63) is 111 Å². The Bertz CT molecular complexity index is 1430. The summed E-state index contributed by atoms with van der Waals surface area (Å²) in [5, 5.41) is 15.9. The fourth-order valence-electron chi connectivity index (χ4n) is 3.33. The number of nitro benzene ring substituents is 1. The molecule has 36 heavy (non-hydrogen) atoms. The highest BCUT2D eigenvalue weighted by Crippen LogP contribution is 2.34. The number of para-hydroxylation sites is 1. The number of hydrogen-bond donors (Lipinski definition) is 1. The fourth-order valence-corrected chi connectivity index (χ4v) is 3.52. The number of furan rings is 1. The van der Waals surface area contributed by atoms with Crippen molar-refractivity contribution in [2.45, 2.75) is 6.61 Å². The van der Waals surface area contributed by atoms with Crippen LogP contribution in [0.15, 0.2) is 88.4 Å². The predicted octanol–water partition coefficient (Wildman–Crippen LogP) is 5.86. The molecule has 0 saturated carbocycles. The minimum Gasteiger partial charge on any atom is -0.497 e. The van der Waals surface area contributed by atoms with Gasteiger partial charge in [-0.3, -0.25) is 14.9 Å². The third-order valence-electron chi connectivity index (χ3n) is 5.12. The summed E-state index contributed by atoms with van der Waals surface area (Å²) in [6, 6.07) is 21.7. The molecule has 0 atom stereocenters. The first-order chi connectivity index (χ1) is 17.5. The number of halogens is 1. The molecule has 1 amide bonds. The van der Waals surface area contributed by atoms with Crippen molar-refractivity contribution in [2.24, 2.45) is 5.10 Å². The van der Waals surface area contributed by atoms with Gasteiger partial charge < -0.3 is 13.9 Å². The zero-order valence-corrected chi connectivity index (χ0v) is 19.8. The van der Waals surface area contributed by atoms with Crippen LogP contribution in [0.2, 0.25) is 5.02 Å². The van der Waals surface area contributed by atoms with E-state index in [1.165, 1.54) is 25.5 Å². The molecular weight excluding hydrogens is 486 g/mol. The quantitative estimate of drug-likeness (QED) is 0.173. The second-order valence-electron chi connectivity index (χ2n) is 7.42. The third-order valence-corrected chi connectivity index (χ3v) is 5.49. The topological polar surface area (TPSA) is 116 Å². The van der Waals surface area contributed by atoms with Crippen LogP contribution in [0, 0.1) is 10.1 Å². The van der Waals surface area contributed by atoms with Crippen LogP contribution in [0.25, 0.3) is 11.3 Å². The molecule has 0 spiro atoms. The Labute approximate surface area is 211 Å². The molecule has 0 radical (unpaired) electrons. The maximum absolute atomic E-state index is 12.7. The lowest BCUT2D eigenvalue weighted by molar-refractivity contribution is -0.384. The van der Waals surface area contributed by atoms with Gasteiger partial charge in [0.05, 0.1) is 35.4 Å². The largest absolute Gasteiger partial charge is 0.497 e. The second-order valence-corrected chi connectivity index (χ2v) is 7.82. The van der Waals surface area contributed by atoms with Crippen LogP contribution >= 0.6 is 11.6 Å². The van der Waals surface area contributed by atoms with Gasteiger partial charge in [0.1, 0.15) is 29.6 Å². The highest BCUT2D eigenvalue weighted by Gasteiger charge is 2.19. The van der Waals surface area contributed by atoms with Crippen molar-refractivity contribution in [1.82, 2.24) is 5.43 Å². The molecule has 4 aromatic rings. The molecule has 10 heteroatoms. The summed E-state index contributed by atoms with van der Waals surface area (Å²) < 4.78 is 16.5. The van der Waals surface area contributed by atoms with Gasteiger partial charge in [-0.15, -0.1) is 0 Å². The third kappa shape index (κ3) is 5.70. The number of nitro groups is 1. The van der Waals surface area contributed by atoms with E-state index in [1.54, 1.807) is 48.5 Å². The minimum absolute atomic E-state index is 0.158. The molecule has 3 aromatic carbocycles. The van der Waals surface area contributed by atoms with E-state index < -0.39 is 10.8 Å². The Kier molecular flexibility index (Phi) is 7.62. The number of nitrogens with one attached hydrogen (secondary N) is 1. The summed E-state index contributed by atoms with van der Waals surface area (Å²) in [7, 11) is 1.43. The average Bonchev–Trinajstić information content (AvgIpc) is 3.36. The van der Waals surface area contributed by atoms with Crippen LogP contribution in [0.1, 0.15) is 21.7 Å². The molecule has 1 N–H and O–H groups in total. The van der Waals surface area contributed by atoms with Gasteiger partial charge in [0.15, 0.2) is 0 Å². The van der Waals surface area contributed by atoms with Gasteiger partial charge in [-0.1, -0.05) is 41.9 Å². The molecular formula is C26H20ClN3O6. The molecule has 182 valence electrons. The van der Waals surface area contributed by atoms with Gasteiger partial charge in [0, 0.05) is 10.6 Å². The van der Waals surface area contributed by atoms with Gasteiger partial charge >= 0.3 is 0 Å². The van der Waals surface area contributed by atoms with Gasteiger partial charge in [-0.05, 0) is 42.5 Å². The number of hydrazone groups is 1. The van der Waals surface area contributed by atoms with Crippen molar-refractivity contribution in [2.75, 3.05) is 7.11 Å². The van der Waals surface area contributed by atoms with E-state index in [0.717, 1.165) is 5.56 Å². The van der Waals surface area contributed by atoms with Crippen LogP contribution in [0.4, 0.5) is 5.69 Å². The zero-order chi connectivity index (χ0) is 25.5. The summed E-state index contributed by atoms with van der Waals surface area (Å²) in [6.45, 7) is 0.194. The van der Waals surface area contributed by atoms with Crippen LogP contribution in [0.3, 0.4) is 0 Å². The van der Waals surface area contributed by atoms with Gasteiger partial charge in [-0.2, -0.15) is 5.10 Å². The smallest absolute Gasteiger partial charge is 0.284 e. The van der Waals surface area contributed by atoms with Crippen LogP contribution in [-0.4, -0.2) is 24.2 Å². The minimum atomic E-state index is -0.514. The molecule has 0 aliphatic rings. The van der Waals surface area contributed by atoms with Crippen molar-refractivity contribution in [1.29, 1.82) is 0 Å². The molecule has 0 aliphatic heterocycles. The lowest BCUT2D eigenvalue weighted by Crippen LogP contribution is -2.18. The van der Waals surface area contributed by atoms with Gasteiger partial charge in [0.25, 0.3) is 11.6 Å². The molecule has 0 aliphatic carbocycles. The zero-order valence-electron chi connectivity index (χ0n) is 19.0. The Morgan fingerprint density at radius 2 is 1.89 bits per heavy atom. The molecule has 1 heterocycles. The highest BCUT2D eigenvalue weighted by atomic mass is 35.5. The number of ether oxygens (including phenoxy) is 2. The Balaban J connectivity index is 1.44. The molecule has 4 rings (SSSR count). The molecule has 9 nitrogen and oxygen atoms in total. The maximum Gasteiger partial charge on any atom is 0.284 e. The summed E-state index contributed by atoms with van der Waals surface area (Å²) in [5.41, 5.74) is 3.64. The average molecular weight is 506 g/mol. The fraction of sp³-hybridized carbons (Fsp3) is 0.0769. The van der Waals surface area contributed by atoms with Gasteiger partial charge in [0.2, 0.25) is 0 Å². The number of hydrogen-bond acceptors (Lipinski definition) is 7. The van der Waals surface area contributed by atoms with E-state index in [1.807, 2.05) is 18.2 Å². The Hall–Kier alpha value is -4.63. The number of nitrogens with zero attached hydrogens (tertiary/aromatic N) is 2. The number of carbonyl (C=O) groups is 1. The maximum atomic E-state index is 12.7. The summed E-state index contributed by atoms with van der Waals surface area (Å²) in [5.74, 6) is 0.808. The van der Waals surface area contributed by atoms with Crippen molar-refractivity contribution in [3.63, 3.8) is 0 Å². The van der Waals surface area contributed by atoms with Crippen molar-refractivity contribution in [3.8, 4) is 22.8 Å². The van der Waals surface area contributed by atoms with E-state index >= 15 is 0 Å². The highest BCUT2D eigenvalue weighted by molar-refractivity contribution is 6.31. The monoisotopic (exact) mass is 505 g/mol. The summed E-state index contributed by atoms with van der Waals surface area (Å²) in [4.78, 5) is 23.6. The first-order valence-electron chi connectivity index (χ1n) is 10.7. The molecule has 1 aromatic heterocycles. The van der Waals surface area contributed by atoms with Gasteiger partial charge in [-0.25, -0.2) is 5.43 Å². The summed E-state index contributed by atoms with van der Waals surface area (Å²) >= 11 is 6.17. The van der Waals surface area contributed by atoms with Crippen molar-refractivity contribution < 1.29 is 23.6 Å².